The van der Waals surface area contributed by atoms with Crippen molar-refractivity contribution in [2.24, 2.45) is 4.99 Å². The van der Waals surface area contributed by atoms with Gasteiger partial charge in [0.15, 0.2) is 5.96 Å². The Bertz CT molecular complexity index is 596. The van der Waals surface area contributed by atoms with E-state index in [-0.39, 0.29) is 30.5 Å². The largest absolute Gasteiger partial charge is 0.385 e. The molecule has 1 aromatic heterocycles. The van der Waals surface area contributed by atoms with Crippen LogP contribution >= 0.6 is 35.3 Å². The Morgan fingerprint density at radius 3 is 2.62 bits per heavy atom. The minimum absolute atomic E-state index is 0. The van der Waals surface area contributed by atoms with Crippen LogP contribution in [-0.2, 0) is 14.8 Å². The van der Waals surface area contributed by atoms with E-state index in [1.807, 2.05) is 0 Å². The van der Waals surface area contributed by atoms with Crippen LogP contribution in [0, 0.1) is 0 Å². The zero-order valence-corrected chi connectivity index (χ0v) is 19.5. The number of sulfonamides is 1. The predicted octanol–water partition coefficient (Wildman–Crippen LogP) is 0.778. The number of ether oxygens (including phenoxy) is 1. The highest BCUT2D eigenvalue weighted by Crippen LogP contribution is 2.14. The fourth-order valence-corrected chi connectivity index (χ4v) is 4.10. The summed E-state index contributed by atoms with van der Waals surface area (Å²) in [5, 5.41) is 8.04. The predicted molar refractivity (Wildman–Crippen MR) is 118 cm³/mol. The Balaban J connectivity index is 0.00000625. The minimum atomic E-state index is -3.41. The fourth-order valence-electron chi connectivity index (χ4n) is 2.03. The molecular formula is C15H30IN5O3S2. The van der Waals surface area contributed by atoms with Crippen LogP contribution in [0.4, 0.5) is 0 Å². The van der Waals surface area contributed by atoms with E-state index in [0.29, 0.717) is 16.7 Å². The highest BCUT2D eigenvalue weighted by atomic mass is 127. The molecular weight excluding hydrogens is 489 g/mol. The van der Waals surface area contributed by atoms with Crippen LogP contribution in [0.5, 0.6) is 0 Å². The molecule has 1 heterocycles. The molecule has 0 unspecified atom stereocenters. The quantitative estimate of drug-likeness (QED) is 0.164. The number of aliphatic imine (C=N–C) groups is 1. The Morgan fingerprint density at radius 1 is 1.27 bits per heavy atom. The maximum absolute atomic E-state index is 12.0. The molecule has 0 aliphatic heterocycles. The average molecular weight is 519 g/mol. The van der Waals surface area contributed by atoms with Crippen molar-refractivity contribution in [3.05, 3.63) is 17.5 Å². The van der Waals surface area contributed by atoms with Crippen LogP contribution in [-0.4, -0.2) is 79.8 Å². The van der Waals surface area contributed by atoms with Gasteiger partial charge in [0.05, 0.1) is 0 Å². The first-order valence-electron chi connectivity index (χ1n) is 8.14. The number of rotatable bonds is 12. The van der Waals surface area contributed by atoms with E-state index in [4.69, 9.17) is 4.74 Å². The molecule has 152 valence electrons. The molecule has 3 N–H and O–H groups in total. The molecule has 0 aliphatic carbocycles. The van der Waals surface area contributed by atoms with E-state index < -0.39 is 10.0 Å². The van der Waals surface area contributed by atoms with Gasteiger partial charge in [-0.15, -0.1) is 35.3 Å². The molecule has 0 fully saturated rings. The van der Waals surface area contributed by atoms with Gasteiger partial charge in [0.1, 0.15) is 4.21 Å². The lowest BCUT2D eigenvalue weighted by Gasteiger charge is -2.18. The number of nitrogens with zero attached hydrogens (tertiary/aromatic N) is 2. The van der Waals surface area contributed by atoms with Gasteiger partial charge in [-0.2, -0.15) is 0 Å². The van der Waals surface area contributed by atoms with Crippen molar-refractivity contribution < 1.29 is 13.2 Å². The van der Waals surface area contributed by atoms with Gasteiger partial charge in [-0.05, 0) is 24.9 Å². The first kappa shape index (κ1) is 25.5. The summed E-state index contributed by atoms with van der Waals surface area (Å²) in [6.07, 6.45) is 1.00. The standard InChI is InChI=1S/C15H29N5O3S2.HI/c1-16-15(18-9-11-20(2)10-5-12-23-3)17-7-8-19-25(21,22)14-6-4-13-24-14;/h4,6,13,19H,5,7-12H2,1-3H3,(H2,16,17,18);1H. The van der Waals surface area contributed by atoms with E-state index in [1.165, 1.54) is 11.3 Å². The first-order valence-corrected chi connectivity index (χ1v) is 10.5. The van der Waals surface area contributed by atoms with E-state index in [1.54, 1.807) is 31.7 Å². The molecule has 0 aliphatic rings. The summed E-state index contributed by atoms with van der Waals surface area (Å²) < 4.78 is 31.9. The molecule has 0 saturated carbocycles. The number of halogens is 1. The molecule has 1 rings (SSSR count). The van der Waals surface area contributed by atoms with Crippen LogP contribution in [0.25, 0.3) is 0 Å². The highest BCUT2D eigenvalue weighted by molar-refractivity contribution is 14.0. The van der Waals surface area contributed by atoms with Crippen molar-refractivity contribution in [1.29, 1.82) is 0 Å². The molecule has 1 aromatic rings. The van der Waals surface area contributed by atoms with Crippen molar-refractivity contribution in [2.45, 2.75) is 10.6 Å². The molecule has 0 saturated heterocycles. The van der Waals surface area contributed by atoms with Crippen LogP contribution in [0.1, 0.15) is 6.42 Å². The monoisotopic (exact) mass is 519 g/mol. The van der Waals surface area contributed by atoms with E-state index in [0.717, 1.165) is 32.7 Å². The van der Waals surface area contributed by atoms with Crippen molar-refractivity contribution in [1.82, 2.24) is 20.3 Å². The van der Waals surface area contributed by atoms with Gasteiger partial charge in [0.2, 0.25) is 10.0 Å². The van der Waals surface area contributed by atoms with Gasteiger partial charge in [0, 0.05) is 53.5 Å². The lowest BCUT2D eigenvalue weighted by Crippen LogP contribution is -2.43. The molecule has 0 radical (unpaired) electrons. The van der Waals surface area contributed by atoms with Crippen molar-refractivity contribution in [2.75, 3.05) is 60.5 Å². The molecule has 8 nitrogen and oxygen atoms in total. The van der Waals surface area contributed by atoms with E-state index in [2.05, 4.69) is 32.3 Å². The molecule has 0 aromatic carbocycles. The average Bonchev–Trinajstić information content (AvgIpc) is 3.12. The van der Waals surface area contributed by atoms with Gasteiger partial charge >= 0.3 is 0 Å². The zero-order chi connectivity index (χ0) is 18.5. The highest BCUT2D eigenvalue weighted by Gasteiger charge is 2.13. The summed E-state index contributed by atoms with van der Waals surface area (Å²) in [4.78, 5) is 6.34. The number of hydrogen-bond acceptors (Lipinski definition) is 6. The molecule has 0 amide bonds. The number of thiophene rings is 1. The molecule has 26 heavy (non-hydrogen) atoms. The summed E-state index contributed by atoms with van der Waals surface area (Å²) in [5.74, 6) is 0.653. The third-order valence-corrected chi connectivity index (χ3v) is 6.23. The lowest BCUT2D eigenvalue weighted by atomic mass is 10.4. The van der Waals surface area contributed by atoms with Gasteiger partial charge < -0.3 is 20.3 Å². The third kappa shape index (κ3) is 10.6. The Labute approximate surface area is 177 Å². The van der Waals surface area contributed by atoms with Crippen LogP contribution < -0.4 is 15.4 Å². The number of methoxy groups -OCH3 is 1. The summed E-state index contributed by atoms with van der Waals surface area (Å²) in [5.41, 5.74) is 0. The minimum Gasteiger partial charge on any atom is -0.385 e. The van der Waals surface area contributed by atoms with Crippen molar-refractivity contribution in [3.63, 3.8) is 0 Å². The Hall–Kier alpha value is -0.470. The van der Waals surface area contributed by atoms with E-state index >= 15 is 0 Å². The molecule has 0 bridgehead atoms. The van der Waals surface area contributed by atoms with Gasteiger partial charge in [-0.25, -0.2) is 13.1 Å². The Morgan fingerprint density at radius 2 is 2.00 bits per heavy atom. The summed E-state index contributed by atoms with van der Waals surface area (Å²) in [6, 6.07) is 3.31. The number of likely N-dealkylation sites (N-methyl/N-ethyl adjacent to an activating group) is 1. The maximum Gasteiger partial charge on any atom is 0.250 e. The smallest absolute Gasteiger partial charge is 0.250 e. The SMILES string of the molecule is CN=C(NCCNS(=O)(=O)c1cccs1)NCCN(C)CCCOC.I. The summed E-state index contributed by atoms with van der Waals surface area (Å²) >= 11 is 1.20. The zero-order valence-electron chi connectivity index (χ0n) is 15.5. The van der Waals surface area contributed by atoms with E-state index in [9.17, 15) is 8.42 Å². The van der Waals surface area contributed by atoms with Gasteiger partial charge in [-0.3, -0.25) is 4.99 Å². The van der Waals surface area contributed by atoms with Crippen LogP contribution in [0.2, 0.25) is 0 Å². The number of guanidine groups is 1. The summed E-state index contributed by atoms with van der Waals surface area (Å²) in [6.45, 7) is 4.12. The number of hydrogen-bond donors (Lipinski definition) is 3. The van der Waals surface area contributed by atoms with Crippen LogP contribution in [0.3, 0.4) is 0 Å². The second-order valence-corrected chi connectivity index (χ2v) is 8.35. The fraction of sp³-hybridized carbons (Fsp3) is 0.667. The summed E-state index contributed by atoms with van der Waals surface area (Å²) in [7, 11) is 2.05. The number of nitrogens with one attached hydrogen (secondary N) is 3. The van der Waals surface area contributed by atoms with Crippen molar-refractivity contribution >= 4 is 51.3 Å². The third-order valence-electron chi connectivity index (χ3n) is 3.37. The lowest BCUT2D eigenvalue weighted by molar-refractivity contribution is 0.180. The topological polar surface area (TPSA) is 95.1 Å². The Kier molecular flexibility index (Phi) is 14.3. The van der Waals surface area contributed by atoms with Crippen LogP contribution in [0.15, 0.2) is 26.7 Å². The second kappa shape index (κ2) is 14.6. The second-order valence-electron chi connectivity index (χ2n) is 5.41. The molecule has 11 heteroatoms. The first-order chi connectivity index (χ1) is 12.0. The van der Waals surface area contributed by atoms with Crippen molar-refractivity contribution in [3.8, 4) is 0 Å². The van der Waals surface area contributed by atoms with Gasteiger partial charge in [-0.1, -0.05) is 6.07 Å². The normalized spacial score (nSPS) is 12.1. The molecule has 0 spiro atoms. The van der Waals surface area contributed by atoms with Gasteiger partial charge in [0.25, 0.3) is 0 Å². The maximum atomic E-state index is 12.0. The molecule has 0 atom stereocenters.